The first-order valence-electron chi connectivity index (χ1n) is 8.83. The van der Waals surface area contributed by atoms with Gasteiger partial charge in [-0.1, -0.05) is 43.0 Å². The summed E-state index contributed by atoms with van der Waals surface area (Å²) in [6, 6.07) is 12.1. The number of cyclic esters (lactones) is 1. The van der Waals surface area contributed by atoms with Crippen LogP contribution >= 0.6 is 0 Å². The van der Waals surface area contributed by atoms with E-state index in [1.54, 1.807) is 23.2 Å². The molecule has 1 amide bonds. The van der Waals surface area contributed by atoms with E-state index in [2.05, 4.69) is 42.4 Å². The van der Waals surface area contributed by atoms with Crippen molar-refractivity contribution < 1.29 is 9.53 Å². The summed E-state index contributed by atoms with van der Waals surface area (Å²) in [7, 11) is 0. The zero-order chi connectivity index (χ0) is 18.6. The SMILES string of the molecule is C=CC[C@]1(C=C)CCN(C(C)c2ccc(-c3cccnc3)cc2)C(=O)O1. The Balaban J connectivity index is 1.73. The van der Waals surface area contributed by atoms with Gasteiger partial charge in [0.15, 0.2) is 0 Å². The number of hydrogen-bond acceptors (Lipinski definition) is 3. The van der Waals surface area contributed by atoms with Crippen LogP contribution in [0.15, 0.2) is 74.1 Å². The third-order valence-electron chi connectivity index (χ3n) is 5.02. The minimum Gasteiger partial charge on any atom is -0.438 e. The van der Waals surface area contributed by atoms with E-state index < -0.39 is 5.60 Å². The summed E-state index contributed by atoms with van der Waals surface area (Å²) in [5, 5.41) is 0. The van der Waals surface area contributed by atoms with Gasteiger partial charge in [0.05, 0.1) is 6.04 Å². The van der Waals surface area contributed by atoms with Gasteiger partial charge in [0.1, 0.15) is 5.60 Å². The molecule has 134 valence electrons. The molecule has 0 radical (unpaired) electrons. The molecule has 4 nitrogen and oxygen atoms in total. The Labute approximate surface area is 154 Å². The van der Waals surface area contributed by atoms with Crippen molar-refractivity contribution in [3.8, 4) is 11.1 Å². The van der Waals surface area contributed by atoms with E-state index in [0.717, 1.165) is 16.7 Å². The van der Waals surface area contributed by atoms with E-state index in [9.17, 15) is 4.79 Å². The number of pyridine rings is 1. The minimum atomic E-state index is -0.626. The van der Waals surface area contributed by atoms with Crippen molar-refractivity contribution in [3.63, 3.8) is 0 Å². The minimum absolute atomic E-state index is 0.0583. The lowest BCUT2D eigenvalue weighted by Gasteiger charge is -2.41. The van der Waals surface area contributed by atoms with Gasteiger partial charge in [-0.05, 0) is 35.8 Å². The molecule has 0 aliphatic carbocycles. The second kappa shape index (κ2) is 7.56. The van der Waals surface area contributed by atoms with Crippen LogP contribution in [0.5, 0.6) is 0 Å². The Morgan fingerprint density at radius 2 is 2.04 bits per heavy atom. The lowest BCUT2D eigenvalue weighted by Crippen LogP contribution is -2.49. The summed E-state index contributed by atoms with van der Waals surface area (Å²) in [6.07, 6.45) is 8.09. The molecule has 0 spiro atoms. The van der Waals surface area contributed by atoms with E-state index in [1.807, 2.05) is 25.3 Å². The summed E-state index contributed by atoms with van der Waals surface area (Å²) >= 11 is 0. The summed E-state index contributed by atoms with van der Waals surface area (Å²) in [5.74, 6) is 0. The molecule has 1 fully saturated rings. The number of carbonyl (C=O) groups excluding carboxylic acids is 1. The number of amides is 1. The molecule has 0 saturated carbocycles. The molecule has 4 heteroatoms. The maximum atomic E-state index is 12.6. The fourth-order valence-corrected chi connectivity index (χ4v) is 3.32. The molecule has 2 aromatic rings. The predicted molar refractivity (Wildman–Crippen MR) is 104 cm³/mol. The highest BCUT2D eigenvalue weighted by molar-refractivity contribution is 5.70. The third-order valence-corrected chi connectivity index (χ3v) is 5.02. The molecule has 2 atom stereocenters. The van der Waals surface area contributed by atoms with Crippen molar-refractivity contribution in [2.45, 2.75) is 31.4 Å². The van der Waals surface area contributed by atoms with Crippen molar-refractivity contribution in [2.24, 2.45) is 0 Å². The van der Waals surface area contributed by atoms with Crippen molar-refractivity contribution in [3.05, 3.63) is 79.7 Å². The molecule has 1 aromatic carbocycles. The van der Waals surface area contributed by atoms with Gasteiger partial charge >= 0.3 is 6.09 Å². The third kappa shape index (κ3) is 3.54. The monoisotopic (exact) mass is 348 g/mol. The fraction of sp³-hybridized carbons (Fsp3) is 0.273. The second-order valence-corrected chi connectivity index (χ2v) is 6.61. The highest BCUT2D eigenvalue weighted by Crippen LogP contribution is 2.33. The van der Waals surface area contributed by atoms with Crippen LogP contribution in [0.4, 0.5) is 4.79 Å². The van der Waals surface area contributed by atoms with Crippen molar-refractivity contribution >= 4 is 6.09 Å². The van der Waals surface area contributed by atoms with Gasteiger partial charge in [-0.15, -0.1) is 6.58 Å². The number of aromatic nitrogens is 1. The lowest BCUT2D eigenvalue weighted by atomic mass is 9.93. The highest BCUT2D eigenvalue weighted by atomic mass is 16.6. The van der Waals surface area contributed by atoms with Crippen LogP contribution in [-0.2, 0) is 4.74 Å². The van der Waals surface area contributed by atoms with E-state index in [4.69, 9.17) is 4.74 Å². The van der Waals surface area contributed by atoms with Crippen LogP contribution in [0.2, 0.25) is 0 Å². The number of benzene rings is 1. The average molecular weight is 348 g/mol. The molecule has 3 rings (SSSR count). The zero-order valence-electron chi connectivity index (χ0n) is 15.1. The molecule has 1 unspecified atom stereocenters. The summed E-state index contributed by atoms with van der Waals surface area (Å²) in [6.45, 7) is 10.2. The first kappa shape index (κ1) is 17.9. The molecule has 2 heterocycles. The maximum Gasteiger partial charge on any atom is 0.411 e. The number of rotatable bonds is 6. The van der Waals surface area contributed by atoms with E-state index in [1.165, 1.54) is 0 Å². The molecule has 26 heavy (non-hydrogen) atoms. The molecule has 0 N–H and O–H groups in total. The largest absolute Gasteiger partial charge is 0.438 e. The fourth-order valence-electron chi connectivity index (χ4n) is 3.32. The van der Waals surface area contributed by atoms with Crippen LogP contribution < -0.4 is 0 Å². The summed E-state index contributed by atoms with van der Waals surface area (Å²) in [4.78, 5) is 18.5. The summed E-state index contributed by atoms with van der Waals surface area (Å²) in [5.41, 5.74) is 2.62. The standard InChI is InChI=1S/C22H24N2O2/c1-4-12-22(5-2)13-15-24(21(25)26-22)17(3)18-8-10-19(11-9-18)20-7-6-14-23-16-20/h4-11,14,16-17H,1-2,12-13,15H2,3H3/t17?,22-/m1/s1. The Hall–Kier alpha value is -2.88. The smallest absolute Gasteiger partial charge is 0.411 e. The van der Waals surface area contributed by atoms with Crippen LogP contribution in [0.1, 0.15) is 31.4 Å². The van der Waals surface area contributed by atoms with Crippen molar-refractivity contribution in [2.75, 3.05) is 6.54 Å². The van der Waals surface area contributed by atoms with Gasteiger partial charge in [0.25, 0.3) is 0 Å². The second-order valence-electron chi connectivity index (χ2n) is 6.61. The zero-order valence-corrected chi connectivity index (χ0v) is 15.1. The maximum absolute atomic E-state index is 12.6. The molecule has 1 aliphatic rings. The number of ether oxygens (including phenoxy) is 1. The molecule has 1 aromatic heterocycles. The Morgan fingerprint density at radius 3 is 2.62 bits per heavy atom. The first-order valence-corrected chi connectivity index (χ1v) is 8.83. The number of hydrogen-bond donors (Lipinski definition) is 0. The van der Waals surface area contributed by atoms with Gasteiger partial charge in [0, 0.05) is 31.8 Å². The molecule has 1 saturated heterocycles. The predicted octanol–water partition coefficient (Wildman–Crippen LogP) is 5.15. The van der Waals surface area contributed by atoms with Gasteiger partial charge < -0.3 is 9.64 Å². The summed E-state index contributed by atoms with van der Waals surface area (Å²) < 4.78 is 5.70. The molecular weight excluding hydrogens is 324 g/mol. The Bertz CT molecular complexity index is 786. The van der Waals surface area contributed by atoms with Gasteiger partial charge in [-0.25, -0.2) is 4.79 Å². The topological polar surface area (TPSA) is 42.4 Å². The van der Waals surface area contributed by atoms with Crippen LogP contribution in [0.25, 0.3) is 11.1 Å². The van der Waals surface area contributed by atoms with Crippen molar-refractivity contribution in [1.29, 1.82) is 0 Å². The Morgan fingerprint density at radius 1 is 1.27 bits per heavy atom. The van der Waals surface area contributed by atoms with E-state index >= 15 is 0 Å². The van der Waals surface area contributed by atoms with E-state index in [0.29, 0.717) is 19.4 Å². The molecule has 0 bridgehead atoms. The van der Waals surface area contributed by atoms with Gasteiger partial charge in [-0.3, -0.25) is 4.98 Å². The molecule has 1 aliphatic heterocycles. The molecular formula is C22H24N2O2. The van der Waals surface area contributed by atoms with Crippen molar-refractivity contribution in [1.82, 2.24) is 9.88 Å². The van der Waals surface area contributed by atoms with Gasteiger partial charge in [0.2, 0.25) is 0 Å². The average Bonchev–Trinajstić information content (AvgIpc) is 2.69. The number of carbonyl (C=O) groups is 1. The highest BCUT2D eigenvalue weighted by Gasteiger charge is 2.39. The lowest BCUT2D eigenvalue weighted by molar-refractivity contribution is -0.0263. The Kier molecular flexibility index (Phi) is 5.21. The van der Waals surface area contributed by atoms with Crippen LogP contribution in [0.3, 0.4) is 0 Å². The van der Waals surface area contributed by atoms with E-state index in [-0.39, 0.29) is 12.1 Å². The van der Waals surface area contributed by atoms with Crippen LogP contribution in [0, 0.1) is 0 Å². The quantitative estimate of drug-likeness (QED) is 0.678. The normalized spacial score (nSPS) is 21.0. The van der Waals surface area contributed by atoms with Crippen LogP contribution in [-0.4, -0.2) is 28.1 Å². The number of nitrogens with zero attached hydrogens (tertiary/aromatic N) is 2. The first-order chi connectivity index (χ1) is 12.6. The van der Waals surface area contributed by atoms with Gasteiger partial charge in [-0.2, -0.15) is 0 Å².